The molecule has 6 heteroatoms. The summed E-state index contributed by atoms with van der Waals surface area (Å²) in [5.41, 5.74) is 0.439. The van der Waals surface area contributed by atoms with Gasteiger partial charge in [-0.25, -0.2) is 0 Å². The summed E-state index contributed by atoms with van der Waals surface area (Å²) in [4.78, 5) is 23.4. The van der Waals surface area contributed by atoms with Gasteiger partial charge in [0.2, 0.25) is 5.91 Å². The molecule has 0 spiro atoms. The van der Waals surface area contributed by atoms with E-state index in [0.29, 0.717) is 12.8 Å². The summed E-state index contributed by atoms with van der Waals surface area (Å²) in [7, 11) is 0. The maximum absolute atomic E-state index is 12.1. The van der Waals surface area contributed by atoms with Crippen molar-refractivity contribution in [1.82, 2.24) is 15.5 Å². The molecule has 0 aromatic carbocycles. The maximum Gasteiger partial charge on any atom is 0.307 e. The third-order valence-corrected chi connectivity index (χ3v) is 5.00. The zero-order chi connectivity index (χ0) is 15.6. The van der Waals surface area contributed by atoms with Gasteiger partial charge in [0.25, 0.3) is 0 Å². The molecular formula is C15H23N3O3. The van der Waals surface area contributed by atoms with E-state index in [1.807, 2.05) is 20.8 Å². The lowest BCUT2D eigenvalue weighted by molar-refractivity contribution is -0.150. The van der Waals surface area contributed by atoms with Crippen molar-refractivity contribution >= 4 is 11.9 Å². The Hall–Kier alpha value is -1.85. The van der Waals surface area contributed by atoms with Crippen LogP contribution in [0.2, 0.25) is 0 Å². The molecule has 3 unspecified atom stereocenters. The monoisotopic (exact) mass is 293 g/mol. The highest BCUT2D eigenvalue weighted by atomic mass is 16.4. The second-order valence-electron chi connectivity index (χ2n) is 6.51. The summed E-state index contributed by atoms with van der Waals surface area (Å²) in [5.74, 6) is -1.04. The van der Waals surface area contributed by atoms with E-state index >= 15 is 0 Å². The number of aromatic nitrogens is 2. The van der Waals surface area contributed by atoms with E-state index in [9.17, 15) is 14.7 Å². The first kappa shape index (κ1) is 15.5. The van der Waals surface area contributed by atoms with Crippen LogP contribution in [0.5, 0.6) is 0 Å². The number of amides is 1. The molecule has 6 nitrogen and oxygen atoms in total. The topological polar surface area (TPSA) is 95.1 Å². The zero-order valence-corrected chi connectivity index (χ0v) is 12.7. The number of hydrogen-bond donors (Lipinski definition) is 3. The fourth-order valence-corrected chi connectivity index (χ4v) is 3.26. The molecule has 0 saturated heterocycles. The molecule has 3 atom stereocenters. The molecule has 1 amide bonds. The van der Waals surface area contributed by atoms with Crippen LogP contribution in [0.3, 0.4) is 0 Å². The predicted octanol–water partition coefficient (Wildman–Crippen LogP) is 1.59. The van der Waals surface area contributed by atoms with Crippen molar-refractivity contribution in [3.05, 3.63) is 18.0 Å². The van der Waals surface area contributed by atoms with Crippen molar-refractivity contribution < 1.29 is 14.7 Å². The van der Waals surface area contributed by atoms with E-state index < -0.39 is 5.97 Å². The highest BCUT2D eigenvalue weighted by molar-refractivity contribution is 5.78. The summed E-state index contributed by atoms with van der Waals surface area (Å²) in [6, 6.07) is 1.79. The fourth-order valence-electron chi connectivity index (χ4n) is 3.26. The van der Waals surface area contributed by atoms with Gasteiger partial charge in [-0.2, -0.15) is 5.10 Å². The SMILES string of the molecule is CC1C(NC(=O)Cc2ccn[nH]2)CCC(C(=O)O)C1(C)C. The van der Waals surface area contributed by atoms with Crippen LogP contribution in [0.4, 0.5) is 0 Å². The highest BCUT2D eigenvalue weighted by Crippen LogP contribution is 2.45. The van der Waals surface area contributed by atoms with Crippen LogP contribution in [0.1, 0.15) is 39.3 Å². The molecule has 1 aromatic heterocycles. The number of H-pyrrole nitrogens is 1. The number of carbonyl (C=O) groups excluding carboxylic acids is 1. The lowest BCUT2D eigenvalue weighted by Crippen LogP contribution is -2.52. The van der Waals surface area contributed by atoms with Crippen LogP contribution in [0, 0.1) is 17.3 Å². The molecule has 3 N–H and O–H groups in total. The number of aromatic amines is 1. The Balaban J connectivity index is 1.98. The summed E-state index contributed by atoms with van der Waals surface area (Å²) >= 11 is 0. The summed E-state index contributed by atoms with van der Waals surface area (Å²) < 4.78 is 0. The molecule has 21 heavy (non-hydrogen) atoms. The van der Waals surface area contributed by atoms with Gasteiger partial charge in [0.15, 0.2) is 0 Å². The number of nitrogens with one attached hydrogen (secondary N) is 2. The van der Waals surface area contributed by atoms with Crippen LogP contribution in [0.25, 0.3) is 0 Å². The number of rotatable bonds is 4. The Morgan fingerprint density at radius 3 is 2.76 bits per heavy atom. The van der Waals surface area contributed by atoms with E-state index in [2.05, 4.69) is 15.5 Å². The molecule has 0 bridgehead atoms. The van der Waals surface area contributed by atoms with Crippen LogP contribution in [0.15, 0.2) is 12.3 Å². The van der Waals surface area contributed by atoms with E-state index in [1.54, 1.807) is 12.3 Å². The summed E-state index contributed by atoms with van der Waals surface area (Å²) in [6.07, 6.45) is 3.19. The van der Waals surface area contributed by atoms with Gasteiger partial charge in [0.05, 0.1) is 12.3 Å². The molecule has 1 aromatic rings. The molecule has 0 aliphatic heterocycles. The number of aliphatic carboxylic acids is 1. The van der Waals surface area contributed by atoms with Gasteiger partial charge in [-0.15, -0.1) is 0 Å². The van der Waals surface area contributed by atoms with Crippen molar-refractivity contribution in [2.75, 3.05) is 0 Å². The number of nitrogens with zero attached hydrogens (tertiary/aromatic N) is 1. The Morgan fingerprint density at radius 2 is 2.19 bits per heavy atom. The van der Waals surface area contributed by atoms with E-state index in [0.717, 1.165) is 5.69 Å². The minimum atomic E-state index is -0.742. The van der Waals surface area contributed by atoms with Crippen LogP contribution in [-0.2, 0) is 16.0 Å². The third-order valence-electron chi connectivity index (χ3n) is 5.00. The average molecular weight is 293 g/mol. The molecule has 1 heterocycles. The van der Waals surface area contributed by atoms with Crippen molar-refractivity contribution in [2.24, 2.45) is 17.3 Å². The second kappa shape index (κ2) is 5.87. The summed E-state index contributed by atoms with van der Waals surface area (Å²) in [6.45, 7) is 5.98. The lowest BCUT2D eigenvalue weighted by Gasteiger charge is -2.46. The van der Waals surface area contributed by atoms with Crippen molar-refractivity contribution in [3.8, 4) is 0 Å². The maximum atomic E-state index is 12.1. The summed E-state index contributed by atoms with van der Waals surface area (Å²) in [5, 5.41) is 19.0. The first-order valence-corrected chi connectivity index (χ1v) is 7.32. The Morgan fingerprint density at radius 1 is 1.48 bits per heavy atom. The first-order chi connectivity index (χ1) is 9.82. The Bertz CT molecular complexity index is 510. The van der Waals surface area contributed by atoms with Crippen molar-refractivity contribution in [2.45, 2.75) is 46.1 Å². The lowest BCUT2D eigenvalue weighted by atomic mass is 9.61. The number of carbonyl (C=O) groups is 2. The van der Waals surface area contributed by atoms with Gasteiger partial charge in [-0.1, -0.05) is 20.8 Å². The van der Waals surface area contributed by atoms with Gasteiger partial charge < -0.3 is 10.4 Å². The standard InChI is InChI=1S/C15H23N3O3/c1-9-12(5-4-11(14(20)21)15(9,2)3)17-13(19)8-10-6-7-16-18-10/h6-7,9,11-12H,4-5,8H2,1-3H3,(H,16,18)(H,17,19)(H,20,21). The zero-order valence-electron chi connectivity index (χ0n) is 12.7. The Kier molecular flexibility index (Phi) is 4.34. The van der Waals surface area contributed by atoms with Crippen LogP contribution < -0.4 is 5.32 Å². The number of carboxylic acids is 1. The highest BCUT2D eigenvalue weighted by Gasteiger charge is 2.46. The third kappa shape index (κ3) is 3.25. The van der Waals surface area contributed by atoms with Gasteiger partial charge in [0, 0.05) is 17.9 Å². The molecule has 116 valence electrons. The number of carboxylic acid groups (broad SMARTS) is 1. The van der Waals surface area contributed by atoms with Crippen LogP contribution in [-0.4, -0.2) is 33.2 Å². The molecule has 1 aliphatic carbocycles. The molecule has 1 aliphatic rings. The predicted molar refractivity (Wildman–Crippen MR) is 77.5 cm³/mol. The quantitative estimate of drug-likeness (QED) is 0.785. The molecule has 0 radical (unpaired) electrons. The van der Waals surface area contributed by atoms with Crippen molar-refractivity contribution in [1.29, 1.82) is 0 Å². The van der Waals surface area contributed by atoms with Crippen molar-refractivity contribution in [3.63, 3.8) is 0 Å². The molecule has 2 rings (SSSR count). The molecule has 1 saturated carbocycles. The van der Waals surface area contributed by atoms with Crippen LogP contribution >= 0.6 is 0 Å². The van der Waals surface area contributed by atoms with Gasteiger partial charge >= 0.3 is 5.97 Å². The van der Waals surface area contributed by atoms with Gasteiger partial charge in [-0.3, -0.25) is 14.7 Å². The van der Waals surface area contributed by atoms with Gasteiger partial charge in [0.1, 0.15) is 0 Å². The van der Waals surface area contributed by atoms with E-state index in [4.69, 9.17) is 0 Å². The minimum absolute atomic E-state index is 0.0195. The minimum Gasteiger partial charge on any atom is -0.481 e. The average Bonchev–Trinajstić information content (AvgIpc) is 2.87. The van der Waals surface area contributed by atoms with E-state index in [1.165, 1.54) is 0 Å². The number of hydrogen-bond acceptors (Lipinski definition) is 3. The Labute approximate surface area is 124 Å². The largest absolute Gasteiger partial charge is 0.481 e. The van der Waals surface area contributed by atoms with Gasteiger partial charge in [-0.05, 0) is 30.2 Å². The molecular weight excluding hydrogens is 270 g/mol. The smallest absolute Gasteiger partial charge is 0.307 e. The second-order valence-corrected chi connectivity index (χ2v) is 6.51. The first-order valence-electron chi connectivity index (χ1n) is 7.32. The normalized spacial score (nSPS) is 28.0. The fraction of sp³-hybridized carbons (Fsp3) is 0.667. The van der Waals surface area contributed by atoms with E-state index in [-0.39, 0.29) is 35.6 Å². The molecule has 1 fully saturated rings.